The summed E-state index contributed by atoms with van der Waals surface area (Å²) in [6, 6.07) is 0. The van der Waals surface area contributed by atoms with Crippen LogP contribution in [0, 0.1) is 0 Å². The fourth-order valence-electron chi connectivity index (χ4n) is 7.70. The van der Waals surface area contributed by atoms with E-state index in [0.717, 1.165) is 44.9 Å². The molecule has 14 nitrogen and oxygen atoms in total. The number of esters is 1. The lowest BCUT2D eigenvalue weighted by molar-refractivity contribution is -0.332. The molecule has 0 saturated carbocycles. The average Bonchev–Trinajstić information content (AvgIpc) is 3.23. The van der Waals surface area contributed by atoms with Gasteiger partial charge >= 0.3 is 5.97 Å². The van der Waals surface area contributed by atoms with Crippen LogP contribution in [0.2, 0.25) is 0 Å². The first-order valence-corrected chi connectivity index (χ1v) is 23.6. The zero-order valence-electron chi connectivity index (χ0n) is 36.8. The Morgan fingerprint density at radius 2 is 0.898 bits per heavy atom. The van der Waals surface area contributed by atoms with Gasteiger partial charge in [0.1, 0.15) is 54.9 Å². The number of aliphatic hydroxyl groups is 7. The molecule has 0 aromatic rings. The van der Waals surface area contributed by atoms with E-state index in [1.807, 2.05) is 0 Å². The van der Waals surface area contributed by atoms with Gasteiger partial charge in [-0.3, -0.25) is 4.79 Å². The molecular weight excluding hydrogens is 764 g/mol. The molecule has 0 radical (unpaired) electrons. The maximum absolute atomic E-state index is 12.8. The molecule has 0 aliphatic carbocycles. The van der Waals surface area contributed by atoms with Crippen molar-refractivity contribution in [1.82, 2.24) is 0 Å². The third-order valence-corrected chi connectivity index (χ3v) is 11.6. The van der Waals surface area contributed by atoms with Gasteiger partial charge in [0.25, 0.3) is 0 Å². The third-order valence-electron chi connectivity index (χ3n) is 11.6. The van der Waals surface area contributed by atoms with Gasteiger partial charge in [0.2, 0.25) is 0 Å². The Hall–Kier alpha value is -1.01. The standard InChI is InChI=1S/C45H86O14/c1-3-5-7-9-11-12-13-14-15-16-17-18-19-20-21-22-23-25-27-29-54-31-34(57-37(47)28-26-24-10-8-6-4-2)32-55-44-43(53)41(51)39(49)36(59-44)33-56-45-42(52)40(50)38(48)35(30-46)58-45/h34-36,38-46,48-53H,3-33H2,1-2H3. The maximum atomic E-state index is 12.8. The highest BCUT2D eigenvalue weighted by atomic mass is 16.7. The molecule has 0 bridgehead atoms. The Labute approximate surface area is 355 Å². The summed E-state index contributed by atoms with van der Waals surface area (Å²) in [5.41, 5.74) is 0. The highest BCUT2D eigenvalue weighted by molar-refractivity contribution is 5.69. The van der Waals surface area contributed by atoms with E-state index in [4.69, 9.17) is 28.4 Å². The second kappa shape index (κ2) is 34.5. The molecule has 0 aromatic heterocycles. The maximum Gasteiger partial charge on any atom is 0.306 e. The number of carbonyl (C=O) groups excluding carboxylic acids is 1. The van der Waals surface area contributed by atoms with Crippen molar-refractivity contribution in [2.24, 2.45) is 0 Å². The molecule has 7 N–H and O–H groups in total. The molecule has 0 amide bonds. The van der Waals surface area contributed by atoms with Crippen molar-refractivity contribution in [2.75, 3.05) is 33.0 Å². The van der Waals surface area contributed by atoms with E-state index in [9.17, 15) is 40.5 Å². The van der Waals surface area contributed by atoms with Crippen LogP contribution in [0.25, 0.3) is 0 Å². The van der Waals surface area contributed by atoms with Gasteiger partial charge in [-0.25, -0.2) is 0 Å². The minimum Gasteiger partial charge on any atom is -0.457 e. The Bertz CT molecular complexity index is 990. The predicted molar refractivity (Wildman–Crippen MR) is 224 cm³/mol. The topological polar surface area (TPSA) is 214 Å². The van der Waals surface area contributed by atoms with Gasteiger partial charge in [-0.05, 0) is 12.8 Å². The molecule has 2 aliphatic rings. The first-order chi connectivity index (χ1) is 28.6. The summed E-state index contributed by atoms with van der Waals surface area (Å²) < 4.78 is 34.0. The summed E-state index contributed by atoms with van der Waals surface area (Å²) in [5, 5.41) is 71.7. The van der Waals surface area contributed by atoms with Crippen molar-refractivity contribution in [2.45, 2.75) is 248 Å². The molecule has 0 spiro atoms. The summed E-state index contributed by atoms with van der Waals surface area (Å²) >= 11 is 0. The quantitative estimate of drug-likeness (QED) is 0.0294. The zero-order valence-corrected chi connectivity index (χ0v) is 36.8. The molecule has 11 atom stereocenters. The smallest absolute Gasteiger partial charge is 0.306 e. The van der Waals surface area contributed by atoms with E-state index in [0.29, 0.717) is 13.0 Å². The summed E-state index contributed by atoms with van der Waals surface area (Å²) in [4.78, 5) is 12.8. The van der Waals surface area contributed by atoms with Crippen LogP contribution in [0.5, 0.6) is 0 Å². The molecule has 2 aliphatic heterocycles. The Morgan fingerprint density at radius 3 is 1.37 bits per heavy atom. The molecule has 59 heavy (non-hydrogen) atoms. The zero-order chi connectivity index (χ0) is 43.1. The minimum absolute atomic E-state index is 0.0684. The van der Waals surface area contributed by atoms with E-state index in [1.54, 1.807) is 0 Å². The van der Waals surface area contributed by atoms with Crippen LogP contribution in [0.1, 0.15) is 181 Å². The fourth-order valence-corrected chi connectivity index (χ4v) is 7.70. The van der Waals surface area contributed by atoms with Gasteiger partial charge in [0, 0.05) is 13.0 Å². The fraction of sp³-hybridized carbons (Fsp3) is 0.978. The van der Waals surface area contributed by atoms with Crippen LogP contribution in [0.3, 0.4) is 0 Å². The molecule has 2 rings (SSSR count). The van der Waals surface area contributed by atoms with Crippen LogP contribution in [-0.2, 0) is 33.2 Å². The van der Waals surface area contributed by atoms with Gasteiger partial charge in [0.05, 0.1) is 26.4 Å². The molecule has 14 heteroatoms. The Balaban J connectivity index is 1.71. The summed E-state index contributed by atoms with van der Waals surface area (Å²) in [6.07, 6.45) is 15.0. The van der Waals surface area contributed by atoms with Crippen molar-refractivity contribution in [3.05, 3.63) is 0 Å². The van der Waals surface area contributed by atoms with Gasteiger partial charge in [-0.15, -0.1) is 0 Å². The highest BCUT2D eigenvalue weighted by Gasteiger charge is 2.47. The first-order valence-electron chi connectivity index (χ1n) is 23.6. The molecule has 2 saturated heterocycles. The van der Waals surface area contributed by atoms with Crippen LogP contribution < -0.4 is 0 Å². The van der Waals surface area contributed by atoms with E-state index in [2.05, 4.69) is 13.8 Å². The van der Waals surface area contributed by atoms with E-state index in [1.165, 1.54) is 109 Å². The molecular formula is C45H86O14. The number of aliphatic hydroxyl groups excluding tert-OH is 7. The lowest BCUT2D eigenvalue weighted by atomic mass is 9.98. The number of hydrogen-bond acceptors (Lipinski definition) is 14. The third kappa shape index (κ3) is 23.3. The average molecular weight is 851 g/mol. The second-order valence-corrected chi connectivity index (χ2v) is 16.9. The molecule has 2 heterocycles. The lowest BCUT2D eigenvalue weighted by Crippen LogP contribution is -2.61. The molecule has 0 aromatic carbocycles. The normalized spacial score (nSPS) is 27.9. The predicted octanol–water partition coefficient (Wildman–Crippen LogP) is 5.74. The van der Waals surface area contributed by atoms with E-state index < -0.39 is 80.7 Å². The van der Waals surface area contributed by atoms with Gasteiger partial charge in [-0.2, -0.15) is 0 Å². The van der Waals surface area contributed by atoms with Crippen LogP contribution in [-0.4, -0.2) is 142 Å². The van der Waals surface area contributed by atoms with Gasteiger partial charge < -0.3 is 64.2 Å². The SMILES string of the molecule is CCCCCCCCCCCCCCCCCCCCCOCC(COC1OC(COC2OC(CO)C(O)C(O)C2O)C(O)C(O)C1O)OC(=O)CCCCCCCC. The summed E-state index contributed by atoms with van der Waals surface area (Å²) in [5.74, 6) is -0.382. The minimum atomic E-state index is -1.70. The summed E-state index contributed by atoms with van der Waals surface area (Å²) in [6.45, 7) is 3.64. The number of rotatable bonds is 37. The monoisotopic (exact) mass is 851 g/mol. The van der Waals surface area contributed by atoms with Crippen LogP contribution in [0.15, 0.2) is 0 Å². The number of carbonyl (C=O) groups is 1. The summed E-state index contributed by atoms with van der Waals surface area (Å²) in [7, 11) is 0. The number of unbranched alkanes of at least 4 members (excludes halogenated alkanes) is 23. The molecule has 350 valence electrons. The Morgan fingerprint density at radius 1 is 0.492 bits per heavy atom. The van der Waals surface area contributed by atoms with Gasteiger partial charge in [-0.1, -0.05) is 162 Å². The lowest BCUT2D eigenvalue weighted by Gasteiger charge is -2.42. The second-order valence-electron chi connectivity index (χ2n) is 16.9. The van der Waals surface area contributed by atoms with Crippen LogP contribution in [0.4, 0.5) is 0 Å². The Kier molecular flexibility index (Phi) is 31.6. The number of ether oxygens (including phenoxy) is 6. The van der Waals surface area contributed by atoms with Gasteiger partial charge in [0.15, 0.2) is 12.6 Å². The largest absolute Gasteiger partial charge is 0.457 e. The van der Waals surface area contributed by atoms with E-state index in [-0.39, 0.29) is 25.6 Å². The van der Waals surface area contributed by atoms with Crippen molar-refractivity contribution in [1.29, 1.82) is 0 Å². The molecule has 11 unspecified atom stereocenters. The van der Waals surface area contributed by atoms with Crippen molar-refractivity contribution >= 4 is 5.97 Å². The highest BCUT2D eigenvalue weighted by Crippen LogP contribution is 2.26. The molecule has 2 fully saturated rings. The first kappa shape index (κ1) is 54.1. The van der Waals surface area contributed by atoms with Crippen molar-refractivity contribution in [3.63, 3.8) is 0 Å². The van der Waals surface area contributed by atoms with E-state index >= 15 is 0 Å². The van der Waals surface area contributed by atoms with Crippen molar-refractivity contribution in [3.8, 4) is 0 Å². The van der Waals surface area contributed by atoms with Crippen molar-refractivity contribution < 1.29 is 69.0 Å². The van der Waals surface area contributed by atoms with Crippen LogP contribution >= 0.6 is 0 Å². The number of hydrogen-bond donors (Lipinski definition) is 7.